The molecule has 5 aliphatic rings. The van der Waals surface area contributed by atoms with Crippen molar-refractivity contribution in [3.63, 3.8) is 0 Å². The summed E-state index contributed by atoms with van der Waals surface area (Å²) in [6, 6.07) is 0. The minimum Gasteiger partial charge on any atom is -0.381 e. The zero-order valence-corrected chi connectivity index (χ0v) is 15.3. The molecule has 4 heteroatoms. The summed E-state index contributed by atoms with van der Waals surface area (Å²) in [7, 11) is 0. The van der Waals surface area contributed by atoms with E-state index < -0.39 is 28.1 Å². The third-order valence-electron chi connectivity index (χ3n) is 8.98. The number of carbonyl (C=O) groups is 2. The highest BCUT2D eigenvalue weighted by molar-refractivity contribution is 6.12. The molecule has 4 saturated carbocycles. The Morgan fingerprint density at radius 3 is 2.42 bits per heavy atom. The molecule has 4 aliphatic carbocycles. The van der Waals surface area contributed by atoms with Gasteiger partial charge in [-0.15, -0.1) is 0 Å². The molecule has 0 amide bonds. The van der Waals surface area contributed by atoms with Crippen LogP contribution in [-0.4, -0.2) is 34.0 Å². The van der Waals surface area contributed by atoms with Crippen molar-refractivity contribution in [2.75, 3.05) is 0 Å². The largest absolute Gasteiger partial charge is 0.381 e. The van der Waals surface area contributed by atoms with E-state index in [2.05, 4.69) is 6.92 Å². The summed E-state index contributed by atoms with van der Waals surface area (Å²) in [5.41, 5.74) is -3.64. The summed E-state index contributed by atoms with van der Waals surface area (Å²) in [6.07, 6.45) is 1.92. The zero-order chi connectivity index (χ0) is 17.4. The van der Waals surface area contributed by atoms with Gasteiger partial charge in [-0.3, -0.25) is 9.59 Å². The van der Waals surface area contributed by atoms with Gasteiger partial charge in [0, 0.05) is 5.92 Å². The van der Waals surface area contributed by atoms with E-state index in [9.17, 15) is 14.7 Å². The fourth-order valence-electron chi connectivity index (χ4n) is 8.47. The number of ketones is 2. The van der Waals surface area contributed by atoms with Crippen molar-refractivity contribution < 1.29 is 19.4 Å². The van der Waals surface area contributed by atoms with Gasteiger partial charge in [-0.25, -0.2) is 0 Å². The van der Waals surface area contributed by atoms with E-state index in [0.717, 1.165) is 19.3 Å². The SMILES string of the molecule is CC1C[C@H]2C3C(C)(C)O[C@@H]4C(=O)C5(O)C(C)CCC1C25C(=O)C34C. The lowest BCUT2D eigenvalue weighted by atomic mass is 9.46. The van der Waals surface area contributed by atoms with Crippen molar-refractivity contribution in [2.45, 2.75) is 71.2 Å². The third-order valence-corrected chi connectivity index (χ3v) is 8.98. The molecule has 132 valence electrons. The lowest BCUT2D eigenvalue weighted by molar-refractivity contribution is -0.221. The van der Waals surface area contributed by atoms with Crippen LogP contribution in [0.5, 0.6) is 0 Å². The first-order valence-corrected chi connectivity index (χ1v) is 9.55. The number of rotatable bonds is 0. The topological polar surface area (TPSA) is 63.6 Å². The average molecular weight is 332 g/mol. The fourth-order valence-corrected chi connectivity index (χ4v) is 8.47. The second kappa shape index (κ2) is 3.83. The Balaban J connectivity index is 1.87. The van der Waals surface area contributed by atoms with Crippen LogP contribution in [0.25, 0.3) is 0 Å². The summed E-state index contributed by atoms with van der Waals surface area (Å²) in [5.74, 6) is 0.376. The standard InChI is InChI=1S/C20H28O4/c1-9-8-12-13-17(3,4)24-15-14(21)20(23)10(2)6-7-11(9)19(12,20)16(22)18(13,15)5/h9-13,15,23H,6-8H2,1-5H3/t9?,10?,11?,12-,13?,15+,18?,19?,20?/m0/s1. The molecule has 2 bridgehead atoms. The van der Waals surface area contributed by atoms with Gasteiger partial charge in [0.25, 0.3) is 0 Å². The molecule has 24 heavy (non-hydrogen) atoms. The Morgan fingerprint density at radius 1 is 1.08 bits per heavy atom. The normalized spacial score (nSPS) is 62.9. The second-order valence-electron chi connectivity index (χ2n) is 10.1. The Kier molecular flexibility index (Phi) is 2.47. The van der Waals surface area contributed by atoms with E-state index in [-0.39, 0.29) is 35.2 Å². The molecular formula is C20H28O4. The molecule has 4 nitrogen and oxygen atoms in total. The number of aliphatic hydroxyl groups is 1. The van der Waals surface area contributed by atoms with E-state index in [0.29, 0.717) is 5.92 Å². The van der Waals surface area contributed by atoms with Gasteiger partial charge < -0.3 is 9.84 Å². The zero-order valence-electron chi connectivity index (χ0n) is 15.3. The van der Waals surface area contributed by atoms with E-state index in [4.69, 9.17) is 4.74 Å². The molecule has 5 fully saturated rings. The molecule has 0 radical (unpaired) electrons. The average Bonchev–Trinajstić information content (AvgIpc) is 2.96. The molecule has 5 rings (SSSR count). The first-order valence-electron chi connectivity index (χ1n) is 9.55. The molecule has 1 heterocycles. The van der Waals surface area contributed by atoms with Gasteiger partial charge in [0.05, 0.1) is 16.4 Å². The van der Waals surface area contributed by atoms with Gasteiger partial charge in [0.1, 0.15) is 11.7 Å². The Bertz CT molecular complexity index is 683. The summed E-state index contributed by atoms with van der Waals surface area (Å²) >= 11 is 0. The number of Topliss-reactive ketones (excluding diaryl/α,β-unsaturated/α-hetero) is 2. The number of fused-ring (bicyclic) bond motifs is 1. The van der Waals surface area contributed by atoms with Crippen LogP contribution < -0.4 is 0 Å². The van der Waals surface area contributed by atoms with Crippen LogP contribution in [0.2, 0.25) is 0 Å². The van der Waals surface area contributed by atoms with Gasteiger partial charge >= 0.3 is 0 Å². The van der Waals surface area contributed by atoms with E-state index in [1.807, 2.05) is 27.7 Å². The molecular weight excluding hydrogens is 304 g/mol. The summed E-state index contributed by atoms with van der Waals surface area (Å²) in [6.45, 7) is 10.2. The van der Waals surface area contributed by atoms with Gasteiger partial charge in [-0.2, -0.15) is 0 Å². The predicted octanol–water partition coefficient (Wildman–Crippen LogP) is 2.37. The highest BCUT2D eigenvalue weighted by Crippen LogP contribution is 2.79. The maximum atomic E-state index is 13.9. The fraction of sp³-hybridized carbons (Fsp3) is 0.900. The van der Waals surface area contributed by atoms with Crippen molar-refractivity contribution in [1.82, 2.24) is 0 Å². The van der Waals surface area contributed by atoms with Crippen LogP contribution in [0, 0.1) is 40.4 Å². The summed E-state index contributed by atoms with van der Waals surface area (Å²) in [5, 5.41) is 11.8. The lowest BCUT2D eigenvalue weighted by Crippen LogP contribution is -2.74. The summed E-state index contributed by atoms with van der Waals surface area (Å²) < 4.78 is 6.20. The molecule has 0 aromatic carbocycles. The minimum atomic E-state index is -1.53. The number of hydrogen-bond donors (Lipinski definition) is 1. The lowest BCUT2D eigenvalue weighted by Gasteiger charge is -2.58. The van der Waals surface area contributed by atoms with Crippen molar-refractivity contribution in [1.29, 1.82) is 0 Å². The molecule has 7 unspecified atom stereocenters. The molecule has 1 N–H and O–H groups in total. The molecule has 1 saturated heterocycles. The van der Waals surface area contributed by atoms with Crippen LogP contribution in [0.3, 0.4) is 0 Å². The molecule has 9 atom stereocenters. The maximum absolute atomic E-state index is 13.9. The molecule has 0 aromatic rings. The monoisotopic (exact) mass is 332 g/mol. The van der Waals surface area contributed by atoms with Crippen molar-refractivity contribution in [2.24, 2.45) is 40.4 Å². The minimum absolute atomic E-state index is 0.0261. The third kappa shape index (κ3) is 1.12. The molecule has 1 spiro atoms. The maximum Gasteiger partial charge on any atom is 0.195 e. The van der Waals surface area contributed by atoms with Crippen LogP contribution >= 0.6 is 0 Å². The first-order chi connectivity index (χ1) is 11.1. The van der Waals surface area contributed by atoms with E-state index in [1.165, 1.54) is 0 Å². The van der Waals surface area contributed by atoms with Gasteiger partial charge in [0.15, 0.2) is 11.6 Å². The Hall–Kier alpha value is -0.740. The van der Waals surface area contributed by atoms with Crippen LogP contribution in [0.15, 0.2) is 0 Å². The van der Waals surface area contributed by atoms with Gasteiger partial charge in [-0.1, -0.05) is 13.8 Å². The quantitative estimate of drug-likeness (QED) is 0.740. The first kappa shape index (κ1) is 15.5. The van der Waals surface area contributed by atoms with Crippen LogP contribution in [-0.2, 0) is 14.3 Å². The molecule has 1 aliphatic heterocycles. The highest BCUT2D eigenvalue weighted by atomic mass is 16.5. The van der Waals surface area contributed by atoms with E-state index in [1.54, 1.807) is 0 Å². The highest BCUT2D eigenvalue weighted by Gasteiger charge is 2.90. The second-order valence-corrected chi connectivity index (χ2v) is 10.1. The number of carbonyl (C=O) groups excluding carboxylic acids is 2. The van der Waals surface area contributed by atoms with Crippen molar-refractivity contribution in [3.8, 4) is 0 Å². The molecule has 0 aromatic heterocycles. The smallest absolute Gasteiger partial charge is 0.195 e. The predicted molar refractivity (Wildman–Crippen MR) is 87.1 cm³/mol. The van der Waals surface area contributed by atoms with E-state index >= 15 is 0 Å². The number of hydrogen-bond acceptors (Lipinski definition) is 4. The van der Waals surface area contributed by atoms with Gasteiger partial charge in [0.2, 0.25) is 0 Å². The van der Waals surface area contributed by atoms with Gasteiger partial charge in [-0.05, 0) is 63.7 Å². The van der Waals surface area contributed by atoms with Crippen molar-refractivity contribution >= 4 is 11.6 Å². The Morgan fingerprint density at radius 2 is 1.75 bits per heavy atom. The van der Waals surface area contributed by atoms with Crippen LogP contribution in [0.4, 0.5) is 0 Å². The summed E-state index contributed by atoms with van der Waals surface area (Å²) in [4.78, 5) is 27.5. The Labute approximate surface area is 143 Å². The van der Waals surface area contributed by atoms with Crippen LogP contribution in [0.1, 0.15) is 53.9 Å². The number of ether oxygens (including phenoxy) is 1. The van der Waals surface area contributed by atoms with Crippen molar-refractivity contribution in [3.05, 3.63) is 0 Å².